The summed E-state index contributed by atoms with van der Waals surface area (Å²) in [6.45, 7) is 2.10. The lowest BCUT2D eigenvalue weighted by atomic mass is 9.85. The van der Waals surface area contributed by atoms with Crippen LogP contribution in [-0.4, -0.2) is 15.1 Å². The standard InChI is InChI=1S/C39H26N2O/c1-24-12-14-26(15-13-24)32-20-18-25-7-2-4-10-30(25)35(32)36-31-11-5-3-8-29(31)23-33(39(36)42)34-21-19-28-17-16-27-9-6-22-40-37(27)38(28)41-34/h2-23,42H,1H3. The summed E-state index contributed by atoms with van der Waals surface area (Å²) in [6.07, 6.45) is 1.80. The third-order valence-corrected chi connectivity index (χ3v) is 8.27. The van der Waals surface area contributed by atoms with Crippen LogP contribution in [0.4, 0.5) is 0 Å². The summed E-state index contributed by atoms with van der Waals surface area (Å²) in [5.41, 5.74) is 8.31. The van der Waals surface area contributed by atoms with Crippen LogP contribution in [0.15, 0.2) is 134 Å². The van der Waals surface area contributed by atoms with Gasteiger partial charge in [-0.3, -0.25) is 4.98 Å². The Labute approximate surface area is 243 Å². The van der Waals surface area contributed by atoms with Crippen molar-refractivity contribution >= 4 is 43.4 Å². The zero-order valence-corrected chi connectivity index (χ0v) is 23.0. The van der Waals surface area contributed by atoms with Gasteiger partial charge >= 0.3 is 0 Å². The summed E-state index contributed by atoms with van der Waals surface area (Å²) in [5, 5.41) is 18.6. The molecule has 198 valence electrons. The SMILES string of the molecule is Cc1ccc(-c2ccc3ccccc3c2-c2c(O)c(-c3ccc4ccc5cccnc5c4n3)cc3ccccc23)cc1. The molecule has 0 spiro atoms. The second-order valence-corrected chi connectivity index (χ2v) is 10.9. The number of phenols is 1. The smallest absolute Gasteiger partial charge is 0.133 e. The fraction of sp³-hybridized carbons (Fsp3) is 0.0256. The van der Waals surface area contributed by atoms with Gasteiger partial charge < -0.3 is 5.11 Å². The fourth-order valence-electron chi connectivity index (χ4n) is 6.17. The lowest BCUT2D eigenvalue weighted by Gasteiger charge is -2.19. The Morgan fingerprint density at radius 2 is 1.17 bits per heavy atom. The number of rotatable bonds is 3. The highest BCUT2D eigenvalue weighted by atomic mass is 16.3. The van der Waals surface area contributed by atoms with Gasteiger partial charge in [0.15, 0.2) is 0 Å². The summed E-state index contributed by atoms with van der Waals surface area (Å²) in [7, 11) is 0. The summed E-state index contributed by atoms with van der Waals surface area (Å²) in [5.74, 6) is 0.221. The zero-order chi connectivity index (χ0) is 28.2. The molecule has 2 aromatic heterocycles. The third kappa shape index (κ3) is 3.82. The molecule has 8 rings (SSSR count). The van der Waals surface area contributed by atoms with Crippen molar-refractivity contribution in [1.29, 1.82) is 0 Å². The van der Waals surface area contributed by atoms with Crippen LogP contribution in [0.2, 0.25) is 0 Å². The Balaban J connectivity index is 1.48. The van der Waals surface area contributed by atoms with Crippen LogP contribution in [-0.2, 0) is 0 Å². The normalized spacial score (nSPS) is 11.5. The maximum absolute atomic E-state index is 12.3. The molecule has 2 heterocycles. The lowest BCUT2D eigenvalue weighted by molar-refractivity contribution is 0.480. The third-order valence-electron chi connectivity index (χ3n) is 8.27. The molecule has 3 heteroatoms. The van der Waals surface area contributed by atoms with E-state index in [4.69, 9.17) is 4.98 Å². The van der Waals surface area contributed by atoms with E-state index in [1.807, 2.05) is 24.3 Å². The highest BCUT2D eigenvalue weighted by Crippen LogP contribution is 2.49. The molecule has 0 amide bonds. The van der Waals surface area contributed by atoms with Crippen LogP contribution in [0.3, 0.4) is 0 Å². The molecule has 8 aromatic rings. The Hall–Kier alpha value is -5.54. The molecular weight excluding hydrogens is 512 g/mol. The topological polar surface area (TPSA) is 46.0 Å². The van der Waals surface area contributed by atoms with E-state index < -0.39 is 0 Å². The van der Waals surface area contributed by atoms with Gasteiger partial charge in [0.05, 0.1) is 16.7 Å². The predicted molar refractivity (Wildman–Crippen MR) is 175 cm³/mol. The molecule has 0 saturated carbocycles. The molecule has 0 aliphatic rings. The number of phenolic OH excluding ortho intramolecular Hbond substituents is 1. The summed E-state index contributed by atoms with van der Waals surface area (Å²) >= 11 is 0. The Bertz CT molecular complexity index is 2320. The van der Waals surface area contributed by atoms with Crippen molar-refractivity contribution in [3.05, 3.63) is 139 Å². The van der Waals surface area contributed by atoms with Crippen LogP contribution in [0.5, 0.6) is 5.75 Å². The molecular formula is C39H26N2O. The van der Waals surface area contributed by atoms with Gasteiger partial charge in [-0.05, 0) is 57.8 Å². The highest BCUT2D eigenvalue weighted by Gasteiger charge is 2.22. The minimum atomic E-state index is 0.221. The van der Waals surface area contributed by atoms with Crippen LogP contribution in [0.25, 0.3) is 76.9 Å². The number of aromatic hydroxyl groups is 1. The fourth-order valence-corrected chi connectivity index (χ4v) is 6.17. The van der Waals surface area contributed by atoms with Gasteiger partial charge in [-0.2, -0.15) is 0 Å². The van der Waals surface area contributed by atoms with Gasteiger partial charge in [-0.25, -0.2) is 4.98 Å². The number of aryl methyl sites for hydroxylation is 1. The second-order valence-electron chi connectivity index (χ2n) is 10.9. The first-order valence-corrected chi connectivity index (χ1v) is 14.1. The van der Waals surface area contributed by atoms with Crippen molar-refractivity contribution in [1.82, 2.24) is 9.97 Å². The monoisotopic (exact) mass is 538 g/mol. The quantitative estimate of drug-likeness (QED) is 0.228. The first-order valence-electron chi connectivity index (χ1n) is 14.1. The van der Waals surface area contributed by atoms with E-state index >= 15 is 0 Å². The van der Waals surface area contributed by atoms with Crippen LogP contribution < -0.4 is 0 Å². The molecule has 1 N–H and O–H groups in total. The van der Waals surface area contributed by atoms with E-state index in [1.54, 1.807) is 6.20 Å². The van der Waals surface area contributed by atoms with Crippen LogP contribution in [0, 0.1) is 6.92 Å². The molecule has 6 aromatic carbocycles. The number of benzene rings is 6. The maximum atomic E-state index is 12.3. The minimum absolute atomic E-state index is 0.221. The average Bonchev–Trinajstić information content (AvgIpc) is 3.04. The van der Waals surface area contributed by atoms with Crippen LogP contribution in [0.1, 0.15) is 5.56 Å². The van der Waals surface area contributed by atoms with Gasteiger partial charge in [0.1, 0.15) is 5.75 Å². The molecule has 0 aliphatic heterocycles. The van der Waals surface area contributed by atoms with Gasteiger partial charge in [-0.15, -0.1) is 0 Å². The van der Waals surface area contributed by atoms with Crippen molar-refractivity contribution in [2.75, 3.05) is 0 Å². The molecule has 0 saturated heterocycles. The van der Waals surface area contributed by atoms with Crippen molar-refractivity contribution in [2.45, 2.75) is 6.92 Å². The molecule has 0 bridgehead atoms. The molecule has 3 nitrogen and oxygen atoms in total. The predicted octanol–water partition coefficient (Wildman–Crippen LogP) is 10.1. The number of fused-ring (bicyclic) bond motifs is 5. The lowest BCUT2D eigenvalue weighted by Crippen LogP contribution is -1.94. The molecule has 0 aliphatic carbocycles. The molecule has 0 unspecified atom stereocenters. The van der Waals surface area contributed by atoms with Crippen molar-refractivity contribution < 1.29 is 5.11 Å². The summed E-state index contributed by atoms with van der Waals surface area (Å²) < 4.78 is 0. The van der Waals surface area contributed by atoms with Gasteiger partial charge in [0.25, 0.3) is 0 Å². The average molecular weight is 539 g/mol. The van der Waals surface area contributed by atoms with E-state index in [2.05, 4.69) is 115 Å². The van der Waals surface area contributed by atoms with Crippen molar-refractivity contribution in [2.24, 2.45) is 0 Å². The molecule has 0 atom stereocenters. The minimum Gasteiger partial charge on any atom is -0.507 e. The number of hydrogen-bond acceptors (Lipinski definition) is 3. The molecule has 0 fully saturated rings. The van der Waals surface area contributed by atoms with E-state index in [1.165, 1.54) is 5.56 Å². The second kappa shape index (κ2) is 9.53. The van der Waals surface area contributed by atoms with Crippen molar-refractivity contribution in [3.63, 3.8) is 0 Å². The highest BCUT2D eigenvalue weighted by molar-refractivity contribution is 6.14. The first-order chi connectivity index (χ1) is 20.7. The van der Waals surface area contributed by atoms with Gasteiger partial charge in [-0.1, -0.05) is 115 Å². The maximum Gasteiger partial charge on any atom is 0.133 e. The van der Waals surface area contributed by atoms with Crippen LogP contribution >= 0.6 is 0 Å². The number of aromatic nitrogens is 2. The summed E-state index contributed by atoms with van der Waals surface area (Å²) in [4.78, 5) is 9.75. The van der Waals surface area contributed by atoms with Crippen molar-refractivity contribution in [3.8, 4) is 39.3 Å². The Kier molecular flexibility index (Phi) is 5.51. The first kappa shape index (κ1) is 24.3. The van der Waals surface area contributed by atoms with E-state index in [-0.39, 0.29) is 5.75 Å². The zero-order valence-electron chi connectivity index (χ0n) is 23.0. The Morgan fingerprint density at radius 3 is 1.98 bits per heavy atom. The van der Waals surface area contributed by atoms with E-state index in [0.29, 0.717) is 11.3 Å². The molecule has 0 radical (unpaired) electrons. The number of hydrogen-bond donors (Lipinski definition) is 1. The number of pyridine rings is 2. The summed E-state index contributed by atoms with van der Waals surface area (Å²) in [6, 6.07) is 43.9. The molecule has 42 heavy (non-hydrogen) atoms. The number of nitrogens with zero attached hydrogens (tertiary/aromatic N) is 2. The van der Waals surface area contributed by atoms with E-state index in [9.17, 15) is 5.11 Å². The van der Waals surface area contributed by atoms with Gasteiger partial charge in [0, 0.05) is 33.7 Å². The Morgan fingerprint density at radius 1 is 0.524 bits per heavy atom. The van der Waals surface area contributed by atoms with Gasteiger partial charge in [0.2, 0.25) is 0 Å². The largest absolute Gasteiger partial charge is 0.507 e. The van der Waals surface area contributed by atoms with E-state index in [0.717, 1.165) is 65.6 Å².